The highest BCUT2D eigenvalue weighted by molar-refractivity contribution is 5.93. The Bertz CT molecular complexity index is 801. The molecule has 0 aliphatic heterocycles. The van der Waals surface area contributed by atoms with Crippen molar-refractivity contribution in [2.75, 3.05) is 18.5 Å². The largest absolute Gasteiger partial charge is 0.463 e. The Kier molecular flexibility index (Phi) is 6.21. The van der Waals surface area contributed by atoms with Crippen molar-refractivity contribution in [3.05, 3.63) is 35.9 Å². The minimum atomic E-state index is -0.393. The molecule has 160 valence electrons. The normalized spacial score (nSPS) is 29.0. The lowest BCUT2D eigenvalue weighted by Crippen LogP contribution is -2.48. The Labute approximate surface area is 177 Å². The van der Waals surface area contributed by atoms with Gasteiger partial charge in [-0.2, -0.15) is 0 Å². The van der Waals surface area contributed by atoms with Crippen LogP contribution in [0.15, 0.2) is 30.3 Å². The summed E-state index contributed by atoms with van der Waals surface area (Å²) in [5.41, 5.74) is 1.42. The van der Waals surface area contributed by atoms with Gasteiger partial charge in [0.05, 0.1) is 12.5 Å². The maximum absolute atomic E-state index is 12.7. The van der Waals surface area contributed by atoms with E-state index in [0.717, 1.165) is 43.1 Å². The third-order valence-electron chi connectivity index (χ3n) is 6.74. The lowest BCUT2D eigenvalue weighted by molar-refractivity contribution is -0.164. The van der Waals surface area contributed by atoms with Crippen molar-refractivity contribution in [3.8, 4) is 0 Å². The molecule has 4 saturated carbocycles. The highest BCUT2D eigenvalue weighted by atomic mass is 16.5. The predicted octanol–water partition coefficient (Wildman–Crippen LogP) is 3.82. The number of ether oxygens (including phenoxy) is 2. The molecule has 0 atom stereocenters. The number of rotatable bonds is 7. The highest BCUT2D eigenvalue weighted by Gasteiger charge is 2.51. The van der Waals surface area contributed by atoms with E-state index in [9.17, 15) is 14.4 Å². The summed E-state index contributed by atoms with van der Waals surface area (Å²) in [7, 11) is 0. The van der Waals surface area contributed by atoms with Crippen LogP contribution in [-0.4, -0.2) is 31.1 Å². The van der Waals surface area contributed by atoms with Crippen molar-refractivity contribution in [1.29, 1.82) is 0 Å². The molecule has 30 heavy (non-hydrogen) atoms. The zero-order valence-electron chi connectivity index (χ0n) is 17.3. The second kappa shape index (κ2) is 9.02. The summed E-state index contributed by atoms with van der Waals surface area (Å²) in [6, 6.07) is 7.04. The van der Waals surface area contributed by atoms with E-state index in [0.29, 0.717) is 24.1 Å². The Balaban J connectivity index is 1.24. The monoisotopic (exact) mass is 411 g/mol. The van der Waals surface area contributed by atoms with Crippen molar-refractivity contribution < 1.29 is 23.9 Å². The molecule has 4 aliphatic rings. The molecule has 1 amide bonds. The summed E-state index contributed by atoms with van der Waals surface area (Å²) in [6.07, 6.45) is 8.95. The van der Waals surface area contributed by atoms with E-state index < -0.39 is 5.97 Å². The number of hydrogen-bond acceptors (Lipinski definition) is 5. The first-order valence-electron chi connectivity index (χ1n) is 10.9. The molecule has 6 nitrogen and oxygen atoms in total. The first-order valence-corrected chi connectivity index (χ1v) is 10.9. The molecule has 6 heteroatoms. The number of hydrogen-bond donors (Lipinski definition) is 1. The van der Waals surface area contributed by atoms with Crippen molar-refractivity contribution in [1.82, 2.24) is 0 Å². The van der Waals surface area contributed by atoms with Crippen LogP contribution in [0.1, 0.15) is 44.6 Å². The number of carbonyl (C=O) groups is 3. The van der Waals surface area contributed by atoms with Crippen LogP contribution in [0, 0.1) is 29.6 Å². The summed E-state index contributed by atoms with van der Waals surface area (Å²) in [5.74, 6) is 1.55. The third-order valence-corrected chi connectivity index (χ3v) is 6.74. The van der Waals surface area contributed by atoms with Gasteiger partial charge in [0.25, 0.3) is 5.91 Å². The number of carbonyl (C=O) groups excluding carboxylic acids is 3. The van der Waals surface area contributed by atoms with Crippen molar-refractivity contribution in [2.24, 2.45) is 29.6 Å². The average molecular weight is 411 g/mol. The molecule has 1 N–H and O–H groups in total. The molecule has 0 radical (unpaired) electrons. The molecule has 4 fully saturated rings. The van der Waals surface area contributed by atoms with Crippen molar-refractivity contribution >= 4 is 29.6 Å². The molecule has 1 aromatic rings. The van der Waals surface area contributed by atoms with E-state index in [2.05, 4.69) is 5.32 Å². The van der Waals surface area contributed by atoms with Crippen LogP contribution in [0.25, 0.3) is 6.08 Å². The second-order valence-electron chi connectivity index (χ2n) is 8.82. The van der Waals surface area contributed by atoms with E-state index >= 15 is 0 Å². The first kappa shape index (κ1) is 20.6. The van der Waals surface area contributed by atoms with E-state index in [1.807, 2.05) is 0 Å². The molecule has 1 aromatic carbocycles. The molecule has 4 bridgehead atoms. The number of amides is 1. The van der Waals surface area contributed by atoms with Gasteiger partial charge in [-0.15, -0.1) is 0 Å². The van der Waals surface area contributed by atoms with Crippen LogP contribution >= 0.6 is 0 Å². The van der Waals surface area contributed by atoms with Gasteiger partial charge in [0.2, 0.25) is 0 Å². The predicted molar refractivity (Wildman–Crippen MR) is 112 cm³/mol. The fourth-order valence-electron chi connectivity index (χ4n) is 5.77. The van der Waals surface area contributed by atoms with E-state index in [-0.39, 0.29) is 24.4 Å². The summed E-state index contributed by atoms with van der Waals surface area (Å²) < 4.78 is 10.2. The van der Waals surface area contributed by atoms with Gasteiger partial charge in [-0.05, 0) is 86.5 Å². The van der Waals surface area contributed by atoms with E-state index in [1.54, 1.807) is 37.3 Å². The molecule has 4 aliphatic carbocycles. The van der Waals surface area contributed by atoms with E-state index in [1.165, 1.54) is 12.5 Å². The lowest BCUT2D eigenvalue weighted by atomic mass is 9.52. The SMILES string of the molecule is CCOC(=O)/C=C/c1ccc(NC(=O)COC(=O)C2C3CC4CC(C3)CC2C4)cc1. The quantitative estimate of drug-likeness (QED) is 0.545. The standard InChI is InChI=1S/C24H29NO5/c1-2-29-22(27)8-5-15-3-6-20(7-4-15)25-21(26)14-30-24(28)23-18-10-16-9-17(12-18)13-19(23)11-16/h3-8,16-19,23H,2,9-14H2,1H3,(H,25,26)/b8-5+. The Morgan fingerprint density at radius 3 is 2.20 bits per heavy atom. The smallest absolute Gasteiger partial charge is 0.330 e. The molecular formula is C24H29NO5. The van der Waals surface area contributed by atoms with E-state index in [4.69, 9.17) is 9.47 Å². The molecule has 0 aromatic heterocycles. The number of esters is 2. The third kappa shape index (κ3) is 4.74. The number of anilines is 1. The fraction of sp³-hybridized carbons (Fsp3) is 0.542. The minimum absolute atomic E-state index is 0.0175. The van der Waals surface area contributed by atoms with Gasteiger partial charge in [-0.3, -0.25) is 9.59 Å². The highest BCUT2D eigenvalue weighted by Crippen LogP contribution is 2.56. The van der Waals surface area contributed by atoms with Crippen LogP contribution < -0.4 is 5.32 Å². The Hall–Kier alpha value is -2.63. The molecule has 0 saturated heterocycles. The van der Waals surface area contributed by atoms with Gasteiger partial charge in [-0.1, -0.05) is 12.1 Å². The van der Waals surface area contributed by atoms with Crippen molar-refractivity contribution in [3.63, 3.8) is 0 Å². The summed E-state index contributed by atoms with van der Waals surface area (Å²) >= 11 is 0. The maximum Gasteiger partial charge on any atom is 0.330 e. The van der Waals surface area contributed by atoms with Gasteiger partial charge in [-0.25, -0.2) is 4.79 Å². The molecular weight excluding hydrogens is 382 g/mol. The van der Waals surface area contributed by atoms with Crippen molar-refractivity contribution in [2.45, 2.75) is 39.0 Å². The molecule has 0 spiro atoms. The average Bonchev–Trinajstić information content (AvgIpc) is 2.71. The Morgan fingerprint density at radius 1 is 0.967 bits per heavy atom. The molecule has 0 heterocycles. The van der Waals surface area contributed by atoms with Gasteiger partial charge in [0, 0.05) is 11.8 Å². The topological polar surface area (TPSA) is 81.7 Å². The summed E-state index contributed by atoms with van der Waals surface area (Å²) in [5, 5.41) is 2.75. The number of nitrogens with one attached hydrogen (secondary N) is 1. The number of benzene rings is 1. The van der Waals surface area contributed by atoms with Crippen LogP contribution in [0.2, 0.25) is 0 Å². The maximum atomic E-state index is 12.7. The van der Waals surface area contributed by atoms with Gasteiger partial charge >= 0.3 is 11.9 Å². The fourth-order valence-corrected chi connectivity index (χ4v) is 5.77. The summed E-state index contributed by atoms with van der Waals surface area (Å²) in [4.78, 5) is 36.2. The molecule has 0 unspecified atom stereocenters. The van der Waals surface area contributed by atoms with Crippen LogP contribution in [0.3, 0.4) is 0 Å². The van der Waals surface area contributed by atoms with Gasteiger partial charge in [0.15, 0.2) is 6.61 Å². The van der Waals surface area contributed by atoms with Crippen LogP contribution in [0.5, 0.6) is 0 Å². The van der Waals surface area contributed by atoms with Crippen LogP contribution in [-0.2, 0) is 23.9 Å². The minimum Gasteiger partial charge on any atom is -0.463 e. The summed E-state index contributed by atoms with van der Waals surface area (Å²) in [6.45, 7) is 1.83. The van der Waals surface area contributed by atoms with Gasteiger partial charge < -0.3 is 14.8 Å². The second-order valence-corrected chi connectivity index (χ2v) is 8.82. The van der Waals surface area contributed by atoms with Crippen LogP contribution in [0.4, 0.5) is 5.69 Å². The zero-order valence-corrected chi connectivity index (χ0v) is 17.3. The molecule has 5 rings (SSSR count). The first-order chi connectivity index (χ1) is 14.5. The lowest BCUT2D eigenvalue weighted by Gasteiger charge is -2.53. The van der Waals surface area contributed by atoms with Gasteiger partial charge in [0.1, 0.15) is 0 Å². The zero-order chi connectivity index (χ0) is 21.1. The Morgan fingerprint density at radius 2 is 1.60 bits per heavy atom.